The number of piperidine rings is 1. The standard InChI is InChI=1S/C12H15NO2/c1-15-10-4-2-3-9(7-10)11-8-13-6-5-12(11)14/h2-4,7,11,13H,5-6,8H2,1H3. The second-order valence-corrected chi connectivity index (χ2v) is 3.75. The summed E-state index contributed by atoms with van der Waals surface area (Å²) >= 11 is 0. The molecule has 2 rings (SSSR count). The lowest BCUT2D eigenvalue weighted by molar-refractivity contribution is -0.121. The number of nitrogens with one attached hydrogen (secondary N) is 1. The number of carbonyl (C=O) groups excluding carboxylic acids is 1. The molecule has 1 atom stereocenters. The second-order valence-electron chi connectivity index (χ2n) is 3.75. The molecule has 1 unspecified atom stereocenters. The number of carbonyl (C=O) groups is 1. The SMILES string of the molecule is COc1cccc(C2CNCCC2=O)c1. The van der Waals surface area contributed by atoms with Gasteiger partial charge in [0.2, 0.25) is 0 Å². The fourth-order valence-corrected chi connectivity index (χ4v) is 1.91. The van der Waals surface area contributed by atoms with Crippen LogP contribution in [0.4, 0.5) is 0 Å². The van der Waals surface area contributed by atoms with Crippen molar-refractivity contribution in [2.24, 2.45) is 0 Å². The van der Waals surface area contributed by atoms with Crippen LogP contribution in [0.1, 0.15) is 17.9 Å². The van der Waals surface area contributed by atoms with Gasteiger partial charge < -0.3 is 10.1 Å². The Balaban J connectivity index is 2.23. The molecular formula is C12H15NO2. The Morgan fingerprint density at radius 1 is 1.47 bits per heavy atom. The summed E-state index contributed by atoms with van der Waals surface area (Å²) in [4.78, 5) is 11.7. The van der Waals surface area contributed by atoms with Crippen molar-refractivity contribution in [1.29, 1.82) is 0 Å². The Morgan fingerprint density at radius 3 is 3.07 bits per heavy atom. The molecule has 0 amide bonds. The van der Waals surface area contributed by atoms with Crippen LogP contribution in [0.2, 0.25) is 0 Å². The lowest BCUT2D eigenvalue weighted by atomic mass is 9.90. The van der Waals surface area contributed by atoms with Crippen molar-refractivity contribution >= 4 is 5.78 Å². The van der Waals surface area contributed by atoms with Gasteiger partial charge in [-0.25, -0.2) is 0 Å². The van der Waals surface area contributed by atoms with Crippen molar-refractivity contribution in [2.45, 2.75) is 12.3 Å². The van der Waals surface area contributed by atoms with Crippen LogP contribution in [0, 0.1) is 0 Å². The quantitative estimate of drug-likeness (QED) is 0.791. The number of hydrogen-bond acceptors (Lipinski definition) is 3. The van der Waals surface area contributed by atoms with Gasteiger partial charge in [-0.3, -0.25) is 4.79 Å². The number of hydrogen-bond donors (Lipinski definition) is 1. The normalized spacial score (nSPS) is 21.4. The van der Waals surface area contributed by atoms with Gasteiger partial charge in [-0.05, 0) is 17.7 Å². The first-order valence-electron chi connectivity index (χ1n) is 5.18. The average Bonchev–Trinajstić information content (AvgIpc) is 2.30. The van der Waals surface area contributed by atoms with Gasteiger partial charge in [0.1, 0.15) is 11.5 Å². The third kappa shape index (κ3) is 2.18. The smallest absolute Gasteiger partial charge is 0.142 e. The molecular weight excluding hydrogens is 190 g/mol. The fourth-order valence-electron chi connectivity index (χ4n) is 1.91. The molecule has 1 aromatic rings. The molecule has 0 bridgehead atoms. The third-order valence-electron chi connectivity index (χ3n) is 2.78. The molecule has 1 saturated heterocycles. The van der Waals surface area contributed by atoms with E-state index in [0.29, 0.717) is 12.2 Å². The zero-order valence-corrected chi connectivity index (χ0v) is 8.82. The van der Waals surface area contributed by atoms with E-state index in [4.69, 9.17) is 4.74 Å². The molecule has 0 spiro atoms. The largest absolute Gasteiger partial charge is 0.497 e. The lowest BCUT2D eigenvalue weighted by Gasteiger charge is -2.22. The van der Waals surface area contributed by atoms with Crippen molar-refractivity contribution in [3.63, 3.8) is 0 Å². The number of methoxy groups -OCH3 is 1. The highest BCUT2D eigenvalue weighted by Crippen LogP contribution is 2.23. The van der Waals surface area contributed by atoms with Crippen molar-refractivity contribution in [1.82, 2.24) is 5.32 Å². The molecule has 0 aromatic heterocycles. The molecule has 0 saturated carbocycles. The van der Waals surface area contributed by atoms with Gasteiger partial charge >= 0.3 is 0 Å². The van der Waals surface area contributed by atoms with Crippen LogP contribution in [0.15, 0.2) is 24.3 Å². The van der Waals surface area contributed by atoms with Crippen LogP contribution >= 0.6 is 0 Å². The van der Waals surface area contributed by atoms with Crippen LogP contribution in [0.25, 0.3) is 0 Å². The van der Waals surface area contributed by atoms with E-state index < -0.39 is 0 Å². The molecule has 3 heteroatoms. The first-order chi connectivity index (χ1) is 7.31. The van der Waals surface area contributed by atoms with Gasteiger partial charge in [0, 0.05) is 19.5 Å². The summed E-state index contributed by atoms with van der Waals surface area (Å²) in [6.07, 6.45) is 0.627. The number of ether oxygens (including phenoxy) is 1. The van der Waals surface area contributed by atoms with Gasteiger partial charge in [0.05, 0.1) is 13.0 Å². The van der Waals surface area contributed by atoms with Crippen molar-refractivity contribution in [3.05, 3.63) is 29.8 Å². The molecule has 80 valence electrons. The van der Waals surface area contributed by atoms with E-state index >= 15 is 0 Å². The van der Waals surface area contributed by atoms with Crippen LogP contribution in [-0.2, 0) is 4.79 Å². The van der Waals surface area contributed by atoms with Gasteiger partial charge in [-0.15, -0.1) is 0 Å². The Morgan fingerprint density at radius 2 is 2.33 bits per heavy atom. The molecule has 15 heavy (non-hydrogen) atoms. The average molecular weight is 205 g/mol. The van der Waals surface area contributed by atoms with Crippen molar-refractivity contribution in [3.8, 4) is 5.75 Å². The highest BCUT2D eigenvalue weighted by Gasteiger charge is 2.23. The summed E-state index contributed by atoms with van der Waals surface area (Å²) in [5.74, 6) is 1.13. The number of Topliss-reactive ketones (excluding diaryl/α,β-unsaturated/α-hetero) is 1. The Bertz CT molecular complexity index is 362. The molecule has 3 nitrogen and oxygen atoms in total. The fraction of sp³-hybridized carbons (Fsp3) is 0.417. The number of benzene rings is 1. The summed E-state index contributed by atoms with van der Waals surface area (Å²) in [6.45, 7) is 1.55. The van der Waals surface area contributed by atoms with Crippen LogP contribution in [0.3, 0.4) is 0 Å². The number of ketones is 1. The molecule has 1 aromatic carbocycles. The van der Waals surface area contributed by atoms with E-state index in [2.05, 4.69) is 5.32 Å². The van der Waals surface area contributed by atoms with E-state index in [1.54, 1.807) is 7.11 Å². The van der Waals surface area contributed by atoms with Gasteiger partial charge in [0.15, 0.2) is 0 Å². The van der Waals surface area contributed by atoms with Crippen molar-refractivity contribution in [2.75, 3.05) is 20.2 Å². The Labute approximate surface area is 89.4 Å². The Kier molecular flexibility index (Phi) is 3.02. The van der Waals surface area contributed by atoms with Crippen LogP contribution < -0.4 is 10.1 Å². The second kappa shape index (κ2) is 4.45. The number of rotatable bonds is 2. The summed E-state index contributed by atoms with van der Waals surface area (Å²) in [7, 11) is 1.64. The first kappa shape index (κ1) is 10.2. The third-order valence-corrected chi connectivity index (χ3v) is 2.78. The summed E-state index contributed by atoms with van der Waals surface area (Å²) in [5.41, 5.74) is 1.05. The highest BCUT2D eigenvalue weighted by atomic mass is 16.5. The molecule has 1 aliphatic heterocycles. The van der Waals surface area contributed by atoms with Gasteiger partial charge in [0.25, 0.3) is 0 Å². The highest BCUT2D eigenvalue weighted by molar-refractivity contribution is 5.87. The maximum absolute atomic E-state index is 11.7. The summed E-state index contributed by atoms with van der Waals surface area (Å²) < 4.78 is 5.15. The molecule has 1 heterocycles. The monoisotopic (exact) mass is 205 g/mol. The van der Waals surface area contributed by atoms with E-state index in [0.717, 1.165) is 24.4 Å². The molecule has 0 aliphatic carbocycles. The van der Waals surface area contributed by atoms with Crippen molar-refractivity contribution < 1.29 is 9.53 Å². The molecule has 1 fully saturated rings. The predicted molar refractivity (Wildman–Crippen MR) is 58.2 cm³/mol. The minimum Gasteiger partial charge on any atom is -0.497 e. The van der Waals surface area contributed by atoms with Crippen LogP contribution in [0.5, 0.6) is 5.75 Å². The topological polar surface area (TPSA) is 38.3 Å². The molecule has 1 N–H and O–H groups in total. The summed E-state index contributed by atoms with van der Waals surface area (Å²) in [6, 6.07) is 7.74. The maximum Gasteiger partial charge on any atom is 0.142 e. The Hall–Kier alpha value is -1.35. The predicted octanol–water partition coefficient (Wildman–Crippen LogP) is 1.34. The minimum atomic E-state index is -0.00569. The van der Waals surface area contributed by atoms with E-state index in [-0.39, 0.29) is 5.92 Å². The van der Waals surface area contributed by atoms with Gasteiger partial charge in [-0.1, -0.05) is 12.1 Å². The first-order valence-corrected chi connectivity index (χ1v) is 5.18. The molecule has 1 aliphatic rings. The zero-order chi connectivity index (χ0) is 10.7. The molecule has 0 radical (unpaired) electrons. The van der Waals surface area contributed by atoms with E-state index in [1.165, 1.54) is 0 Å². The van der Waals surface area contributed by atoms with E-state index in [9.17, 15) is 4.79 Å². The maximum atomic E-state index is 11.7. The minimum absolute atomic E-state index is 0.00569. The summed E-state index contributed by atoms with van der Waals surface area (Å²) in [5, 5.41) is 3.24. The van der Waals surface area contributed by atoms with E-state index in [1.807, 2.05) is 24.3 Å². The van der Waals surface area contributed by atoms with Gasteiger partial charge in [-0.2, -0.15) is 0 Å². The lowest BCUT2D eigenvalue weighted by Crippen LogP contribution is -2.35. The van der Waals surface area contributed by atoms with Crippen LogP contribution in [-0.4, -0.2) is 26.0 Å². The zero-order valence-electron chi connectivity index (χ0n) is 8.82.